The largest absolute Gasteiger partial charge is 0.369 e. The highest BCUT2D eigenvalue weighted by atomic mass is 16.1. The van der Waals surface area contributed by atoms with Gasteiger partial charge in [0.05, 0.1) is 5.69 Å². The van der Waals surface area contributed by atoms with Crippen molar-refractivity contribution in [2.45, 2.75) is 26.3 Å². The van der Waals surface area contributed by atoms with E-state index in [2.05, 4.69) is 44.0 Å². The number of hydrogen-bond acceptors (Lipinski definition) is 4. The number of nitrogens with zero attached hydrogens (tertiary/aromatic N) is 3. The number of aromatic amines is 1. The van der Waals surface area contributed by atoms with E-state index in [1.165, 1.54) is 5.69 Å². The van der Waals surface area contributed by atoms with Crippen LogP contribution < -0.4 is 10.5 Å². The Labute approximate surface area is 137 Å². The third kappa shape index (κ3) is 3.99. The van der Waals surface area contributed by atoms with E-state index in [0.29, 0.717) is 0 Å². The lowest BCUT2D eigenvalue weighted by Crippen LogP contribution is -2.46. The molecule has 2 aromatic rings. The molecule has 1 N–H and O–H groups in total. The first-order valence-corrected chi connectivity index (χ1v) is 8.24. The van der Waals surface area contributed by atoms with Gasteiger partial charge in [-0.1, -0.05) is 32.0 Å². The van der Waals surface area contributed by atoms with Crippen LogP contribution in [0.25, 0.3) is 0 Å². The van der Waals surface area contributed by atoms with Gasteiger partial charge in [-0.25, -0.2) is 4.98 Å². The van der Waals surface area contributed by atoms with Crippen molar-refractivity contribution in [1.29, 1.82) is 0 Å². The van der Waals surface area contributed by atoms with Gasteiger partial charge >= 0.3 is 0 Å². The molecule has 3 rings (SSSR count). The Hall–Kier alpha value is -2.14. The van der Waals surface area contributed by atoms with Crippen molar-refractivity contribution in [2.75, 3.05) is 31.1 Å². The van der Waals surface area contributed by atoms with Gasteiger partial charge in [0.1, 0.15) is 5.82 Å². The van der Waals surface area contributed by atoms with Crippen LogP contribution in [0.4, 0.5) is 5.69 Å². The van der Waals surface area contributed by atoms with Gasteiger partial charge in [0.25, 0.3) is 5.56 Å². The van der Waals surface area contributed by atoms with E-state index in [9.17, 15) is 4.79 Å². The van der Waals surface area contributed by atoms with Gasteiger partial charge in [0, 0.05) is 50.4 Å². The SMILES string of the molecule is CC(C)c1nc(CN2CCN(c3ccccc3)CC2)cc(=O)[nH]1. The predicted molar refractivity (Wildman–Crippen MR) is 92.9 cm³/mol. The summed E-state index contributed by atoms with van der Waals surface area (Å²) in [5.41, 5.74) is 2.09. The normalized spacial score (nSPS) is 16.0. The second kappa shape index (κ2) is 6.96. The molecule has 5 heteroatoms. The highest BCUT2D eigenvalue weighted by molar-refractivity contribution is 5.46. The summed E-state index contributed by atoms with van der Waals surface area (Å²) < 4.78 is 0. The molecule has 1 aliphatic rings. The van der Waals surface area contributed by atoms with Crippen LogP contribution in [0.1, 0.15) is 31.3 Å². The third-order valence-corrected chi connectivity index (χ3v) is 4.24. The molecule has 0 atom stereocenters. The van der Waals surface area contributed by atoms with Crippen LogP contribution in [0.15, 0.2) is 41.2 Å². The van der Waals surface area contributed by atoms with Crippen LogP contribution >= 0.6 is 0 Å². The first-order valence-electron chi connectivity index (χ1n) is 8.24. The van der Waals surface area contributed by atoms with Crippen molar-refractivity contribution in [2.24, 2.45) is 0 Å². The molecule has 122 valence electrons. The van der Waals surface area contributed by atoms with Crippen molar-refractivity contribution >= 4 is 5.69 Å². The maximum atomic E-state index is 11.8. The van der Waals surface area contributed by atoms with Crippen molar-refractivity contribution in [3.05, 3.63) is 58.3 Å². The van der Waals surface area contributed by atoms with Gasteiger partial charge in [-0.15, -0.1) is 0 Å². The van der Waals surface area contributed by atoms with E-state index >= 15 is 0 Å². The Morgan fingerprint density at radius 1 is 1.13 bits per heavy atom. The van der Waals surface area contributed by atoms with Crippen molar-refractivity contribution in [3.8, 4) is 0 Å². The number of anilines is 1. The summed E-state index contributed by atoms with van der Waals surface area (Å²) >= 11 is 0. The molecule has 1 aromatic carbocycles. The maximum Gasteiger partial charge on any atom is 0.251 e. The zero-order chi connectivity index (χ0) is 16.2. The molecule has 23 heavy (non-hydrogen) atoms. The minimum absolute atomic E-state index is 0.0541. The summed E-state index contributed by atoms with van der Waals surface area (Å²) in [6.45, 7) is 8.81. The summed E-state index contributed by atoms with van der Waals surface area (Å²) in [4.78, 5) is 24.0. The fraction of sp³-hybridized carbons (Fsp3) is 0.444. The fourth-order valence-corrected chi connectivity index (χ4v) is 2.92. The fourth-order valence-electron chi connectivity index (χ4n) is 2.92. The Morgan fingerprint density at radius 3 is 2.48 bits per heavy atom. The van der Waals surface area contributed by atoms with E-state index in [0.717, 1.165) is 44.2 Å². The highest BCUT2D eigenvalue weighted by Crippen LogP contribution is 2.16. The summed E-state index contributed by atoms with van der Waals surface area (Å²) in [5, 5.41) is 0. The molecule has 0 radical (unpaired) electrons. The van der Waals surface area contributed by atoms with E-state index in [4.69, 9.17) is 0 Å². The van der Waals surface area contributed by atoms with E-state index in [1.54, 1.807) is 6.07 Å². The molecule has 1 aliphatic heterocycles. The second-order valence-corrected chi connectivity index (χ2v) is 6.38. The number of nitrogens with one attached hydrogen (secondary N) is 1. The maximum absolute atomic E-state index is 11.8. The molecule has 0 saturated carbocycles. The molecule has 0 unspecified atom stereocenters. The minimum Gasteiger partial charge on any atom is -0.369 e. The minimum atomic E-state index is -0.0541. The number of hydrogen-bond donors (Lipinski definition) is 1. The molecule has 0 bridgehead atoms. The Balaban J connectivity index is 1.62. The van der Waals surface area contributed by atoms with E-state index in [-0.39, 0.29) is 11.5 Å². The zero-order valence-electron chi connectivity index (χ0n) is 13.8. The topological polar surface area (TPSA) is 52.2 Å². The molecule has 1 aromatic heterocycles. The van der Waals surface area contributed by atoms with Crippen LogP contribution in [0.3, 0.4) is 0 Å². The zero-order valence-corrected chi connectivity index (χ0v) is 13.8. The second-order valence-electron chi connectivity index (χ2n) is 6.38. The van der Waals surface area contributed by atoms with E-state index < -0.39 is 0 Å². The Bertz CT molecular complexity index is 688. The van der Waals surface area contributed by atoms with Crippen LogP contribution in [-0.4, -0.2) is 41.0 Å². The molecular formula is C18H24N4O. The monoisotopic (exact) mass is 312 g/mol. The average Bonchev–Trinajstić information content (AvgIpc) is 2.56. The van der Waals surface area contributed by atoms with Gasteiger partial charge in [0.2, 0.25) is 0 Å². The first-order chi connectivity index (χ1) is 11.1. The quantitative estimate of drug-likeness (QED) is 0.940. The van der Waals surface area contributed by atoms with Crippen molar-refractivity contribution < 1.29 is 0 Å². The molecular weight excluding hydrogens is 288 g/mol. The van der Waals surface area contributed by atoms with Gasteiger partial charge in [0.15, 0.2) is 0 Å². The number of aromatic nitrogens is 2. The van der Waals surface area contributed by atoms with Crippen LogP contribution in [0.5, 0.6) is 0 Å². The number of rotatable bonds is 4. The third-order valence-electron chi connectivity index (χ3n) is 4.24. The van der Waals surface area contributed by atoms with Gasteiger partial charge in [-0.3, -0.25) is 9.69 Å². The summed E-state index contributed by atoms with van der Waals surface area (Å²) in [6, 6.07) is 12.1. The molecule has 1 saturated heterocycles. The Kier molecular flexibility index (Phi) is 4.76. The van der Waals surface area contributed by atoms with Gasteiger partial charge in [-0.2, -0.15) is 0 Å². The highest BCUT2D eigenvalue weighted by Gasteiger charge is 2.18. The van der Waals surface area contributed by atoms with Crippen molar-refractivity contribution in [3.63, 3.8) is 0 Å². The molecule has 0 spiro atoms. The van der Waals surface area contributed by atoms with E-state index in [1.807, 2.05) is 19.9 Å². The number of piperazine rings is 1. The number of para-hydroxylation sites is 1. The first kappa shape index (κ1) is 15.7. The molecule has 0 amide bonds. The lowest BCUT2D eigenvalue weighted by Gasteiger charge is -2.36. The standard InChI is InChI=1S/C18H24N4O/c1-14(2)18-19-15(12-17(23)20-18)13-21-8-10-22(11-9-21)16-6-4-3-5-7-16/h3-7,12,14H,8-11,13H2,1-2H3,(H,19,20,23). The summed E-state index contributed by atoms with van der Waals surface area (Å²) in [6.07, 6.45) is 0. The molecule has 5 nitrogen and oxygen atoms in total. The van der Waals surface area contributed by atoms with Crippen molar-refractivity contribution in [1.82, 2.24) is 14.9 Å². The van der Waals surface area contributed by atoms with Crippen LogP contribution in [0, 0.1) is 0 Å². The molecule has 0 aliphatic carbocycles. The Morgan fingerprint density at radius 2 is 1.83 bits per heavy atom. The smallest absolute Gasteiger partial charge is 0.251 e. The predicted octanol–water partition coefficient (Wildman–Crippen LogP) is 2.22. The lowest BCUT2D eigenvalue weighted by atomic mass is 10.2. The lowest BCUT2D eigenvalue weighted by molar-refractivity contribution is 0.246. The van der Waals surface area contributed by atoms with Crippen LogP contribution in [-0.2, 0) is 6.54 Å². The van der Waals surface area contributed by atoms with Gasteiger partial charge in [-0.05, 0) is 12.1 Å². The van der Waals surface area contributed by atoms with Crippen LogP contribution in [0.2, 0.25) is 0 Å². The average molecular weight is 312 g/mol. The summed E-state index contributed by atoms with van der Waals surface area (Å²) in [5.74, 6) is 1.01. The van der Waals surface area contributed by atoms with Gasteiger partial charge < -0.3 is 9.88 Å². The number of benzene rings is 1. The molecule has 1 fully saturated rings. The number of H-pyrrole nitrogens is 1. The summed E-state index contributed by atoms with van der Waals surface area (Å²) in [7, 11) is 0. The molecule has 2 heterocycles.